The van der Waals surface area contributed by atoms with Gasteiger partial charge in [0.1, 0.15) is 54.6 Å². The smallest absolute Gasteiger partial charge is 0.243 e. The van der Waals surface area contributed by atoms with E-state index in [9.17, 15) is 52.7 Å². The molecule has 30 nitrogen and oxygen atoms in total. The Bertz CT molecular complexity index is 2510. The molecule has 21 N–H and O–H groups in total. The Morgan fingerprint density at radius 1 is 0.523 bits per heavy atom. The Balaban J connectivity index is 2.52. The highest BCUT2D eigenvalue weighted by Gasteiger charge is 2.37. The van der Waals surface area contributed by atoms with Gasteiger partial charge in [-0.2, -0.15) is 0 Å². The maximum Gasteiger partial charge on any atom is 0.243 e. The van der Waals surface area contributed by atoms with Gasteiger partial charge in [-0.25, -0.2) is 9.97 Å². The zero-order chi connectivity index (χ0) is 64.6. The third kappa shape index (κ3) is 28.2. The van der Waals surface area contributed by atoms with Crippen molar-refractivity contribution in [3.05, 3.63) is 36.4 Å². The van der Waals surface area contributed by atoms with Crippen LogP contribution < -0.4 is 76.5 Å². The van der Waals surface area contributed by atoms with Crippen molar-refractivity contribution in [3.63, 3.8) is 0 Å². The van der Waals surface area contributed by atoms with Crippen LogP contribution in [0.3, 0.4) is 0 Å². The van der Waals surface area contributed by atoms with E-state index in [4.69, 9.17) is 28.7 Å². The van der Waals surface area contributed by atoms with Crippen LogP contribution in [0.2, 0.25) is 0 Å². The molecular weight excluding hydrogens is 1110 g/mol. The van der Waals surface area contributed by atoms with Gasteiger partial charge >= 0.3 is 0 Å². The third-order valence-electron chi connectivity index (χ3n) is 13.8. The van der Waals surface area contributed by atoms with E-state index in [1.54, 1.807) is 34.6 Å². The minimum Gasteiger partial charge on any atom is -0.370 e. The summed E-state index contributed by atoms with van der Waals surface area (Å²) in [5.74, 6) is -8.82. The molecule has 2 aromatic heterocycles. The zero-order valence-electron chi connectivity index (χ0n) is 51.3. The van der Waals surface area contributed by atoms with Gasteiger partial charge in [-0.05, 0) is 94.9 Å². The first-order chi connectivity index (χ1) is 40.6. The summed E-state index contributed by atoms with van der Waals surface area (Å²) < 4.78 is 0. The van der Waals surface area contributed by atoms with E-state index < -0.39 is 125 Å². The number of rotatable bonds is 42. The number of H-pyrrole nitrogens is 2. The van der Waals surface area contributed by atoms with Crippen LogP contribution in [0.4, 0.5) is 0 Å². The average molecular weight is 1210 g/mol. The molecule has 0 saturated heterocycles. The first-order valence-electron chi connectivity index (χ1n) is 29.5. The SMILES string of the molecule is CC[C@H](C)[C@H](NC(=O)[C@H](CCCCN)NC(=O)[C@@H](N)Cc1cnc[nH]1)C(=O)N[C@@H](CC(C)C)C(=O)N[C@@H](Cc1cnc[nH]1)C(=O)N[C@@H](CCCN=C(N)N)C(=O)N[C@@H](CC(C)C)C(=O)N[C@@H](CC(C)C)C(=O)N[C@@H](CCC(N)=O)C(=O)N[C@@H](C)C=O. The quantitative estimate of drug-likeness (QED) is 0.0141. The third-order valence-corrected chi connectivity index (χ3v) is 13.8. The van der Waals surface area contributed by atoms with E-state index in [0.29, 0.717) is 43.5 Å². The number of hydrogen-bond acceptors (Lipinski definition) is 16. The fourth-order valence-electron chi connectivity index (χ4n) is 8.97. The average Bonchev–Trinajstić information content (AvgIpc) is 3.45. The molecule has 0 spiro atoms. The summed E-state index contributed by atoms with van der Waals surface area (Å²) in [5, 5.41) is 24.3. The van der Waals surface area contributed by atoms with Crippen LogP contribution in [0.5, 0.6) is 0 Å². The van der Waals surface area contributed by atoms with Crippen molar-refractivity contribution in [3.8, 4) is 0 Å². The number of unbranched alkanes of at least 4 members (excludes halogenated alkanes) is 1. The van der Waals surface area contributed by atoms with Crippen molar-refractivity contribution < 1.29 is 52.7 Å². The molecule has 0 aliphatic heterocycles. The fourth-order valence-corrected chi connectivity index (χ4v) is 8.97. The van der Waals surface area contributed by atoms with Gasteiger partial charge in [0.2, 0.25) is 59.1 Å². The molecule has 0 aliphatic rings. The molecule has 30 heteroatoms. The van der Waals surface area contributed by atoms with Gasteiger partial charge in [0, 0.05) is 49.6 Å². The van der Waals surface area contributed by atoms with Gasteiger partial charge < -0.3 is 91.3 Å². The van der Waals surface area contributed by atoms with Crippen molar-refractivity contribution in [2.45, 2.75) is 206 Å². The summed E-state index contributed by atoms with van der Waals surface area (Å²) in [5.41, 5.74) is 29.5. The molecule has 2 aromatic rings. The number of aliphatic imine (C=N–C) groups is 1. The summed E-state index contributed by atoms with van der Waals surface area (Å²) in [6, 6.07) is -12.2. The summed E-state index contributed by atoms with van der Waals surface area (Å²) >= 11 is 0. The number of aldehydes is 1. The minimum absolute atomic E-state index is 0.0316. The Kier molecular flexibility index (Phi) is 33.4. The van der Waals surface area contributed by atoms with Crippen LogP contribution in [0.25, 0.3) is 0 Å². The predicted molar refractivity (Wildman–Crippen MR) is 321 cm³/mol. The van der Waals surface area contributed by atoms with Gasteiger partial charge in [-0.1, -0.05) is 61.8 Å². The highest BCUT2D eigenvalue weighted by molar-refractivity contribution is 5.98. The molecule has 0 fully saturated rings. The molecule has 11 atom stereocenters. The molecule has 482 valence electrons. The highest BCUT2D eigenvalue weighted by atomic mass is 16.2. The first kappa shape index (κ1) is 74.1. The van der Waals surface area contributed by atoms with Crippen LogP contribution >= 0.6 is 0 Å². The second-order valence-corrected chi connectivity index (χ2v) is 23.0. The lowest BCUT2D eigenvalue weighted by Crippen LogP contribution is -2.61. The first-order valence-corrected chi connectivity index (χ1v) is 29.5. The van der Waals surface area contributed by atoms with Gasteiger partial charge in [0.05, 0.1) is 24.7 Å². The maximum absolute atomic E-state index is 14.7. The number of nitrogens with zero attached hydrogens (tertiary/aromatic N) is 3. The number of amides is 10. The lowest BCUT2D eigenvalue weighted by atomic mass is 9.96. The largest absolute Gasteiger partial charge is 0.370 e. The van der Waals surface area contributed by atoms with Crippen molar-refractivity contribution in [1.29, 1.82) is 0 Å². The number of guanidine groups is 1. The van der Waals surface area contributed by atoms with E-state index >= 15 is 0 Å². The van der Waals surface area contributed by atoms with Crippen LogP contribution in [0, 0.1) is 23.7 Å². The second kappa shape index (κ2) is 38.8. The lowest BCUT2D eigenvalue weighted by Gasteiger charge is -2.30. The molecule has 0 unspecified atom stereocenters. The molecule has 10 amide bonds. The number of primary amides is 1. The number of carbonyl (C=O) groups is 11. The summed E-state index contributed by atoms with van der Waals surface area (Å²) in [7, 11) is 0. The van der Waals surface area contributed by atoms with Crippen molar-refractivity contribution in [2.24, 2.45) is 57.3 Å². The van der Waals surface area contributed by atoms with Crippen LogP contribution in [-0.2, 0) is 65.6 Å². The zero-order valence-corrected chi connectivity index (χ0v) is 51.3. The molecule has 0 aromatic carbocycles. The van der Waals surface area contributed by atoms with Crippen LogP contribution in [-0.4, -0.2) is 165 Å². The number of carbonyl (C=O) groups excluding carboxylic acids is 11. The second-order valence-electron chi connectivity index (χ2n) is 23.0. The molecule has 0 bridgehead atoms. The Hall–Kier alpha value is -8.02. The molecular formula is C56H97N19O11. The number of nitrogens with two attached hydrogens (primary N) is 5. The monoisotopic (exact) mass is 1210 g/mol. The molecule has 2 rings (SSSR count). The topological polar surface area (TPSA) is 496 Å². The van der Waals surface area contributed by atoms with Gasteiger partial charge in [-0.15, -0.1) is 0 Å². The number of hydrogen-bond donors (Lipinski definition) is 16. The number of aromatic nitrogens is 4. The Labute approximate surface area is 503 Å². The standard InChI is InChI=1S/C56H97N19O11/c1-10-33(8)46(75-50(81)38(14-11-12-18-57)68-47(78)37(58)23-35-25-62-28-65-35)55(86)74-43(22-32(6)7)53(84)73-44(24-36-26-63-29-66-36)54(85)69-39(15-13-19-64-56(60)61)49(80)71-42(21-31(4)5)52(83)72-41(20-30(2)3)51(82)70-40(16-17-45(59)77)48(79)67-34(9)27-76/h25-34,37-44,46H,10-24,57-58H2,1-9H3,(H2,59,77)(H,62,65)(H,63,66)(H,67,79)(H,68,78)(H,69,85)(H,70,82)(H,71,80)(H,72,83)(H,73,84)(H,74,86)(H,75,81)(H4,60,61,64)/t33-,34-,37-,38-,39-,40-,41-,42-,43-,44-,46-/m0/s1. The van der Waals surface area contributed by atoms with E-state index in [-0.39, 0.29) is 94.5 Å². The van der Waals surface area contributed by atoms with Crippen molar-refractivity contribution in [2.75, 3.05) is 13.1 Å². The van der Waals surface area contributed by atoms with E-state index in [1.807, 2.05) is 20.8 Å². The highest BCUT2D eigenvalue weighted by Crippen LogP contribution is 2.15. The Morgan fingerprint density at radius 2 is 0.930 bits per heavy atom. The molecule has 2 heterocycles. The summed E-state index contributed by atoms with van der Waals surface area (Å²) in [4.78, 5) is 168. The predicted octanol–water partition coefficient (Wildman–Crippen LogP) is -2.54. The van der Waals surface area contributed by atoms with Crippen molar-refractivity contribution >= 4 is 71.3 Å². The number of aromatic amines is 2. The molecule has 86 heavy (non-hydrogen) atoms. The summed E-state index contributed by atoms with van der Waals surface area (Å²) in [6.45, 7) is 16.2. The van der Waals surface area contributed by atoms with Crippen molar-refractivity contribution in [1.82, 2.24) is 67.8 Å². The van der Waals surface area contributed by atoms with E-state index in [0.717, 1.165) is 0 Å². The molecule has 0 saturated carbocycles. The molecule has 0 aliphatic carbocycles. The Morgan fingerprint density at radius 3 is 1.37 bits per heavy atom. The summed E-state index contributed by atoms with van der Waals surface area (Å²) in [6.07, 6.45) is 7.55. The van der Waals surface area contributed by atoms with E-state index in [1.165, 1.54) is 32.0 Å². The number of nitrogens with one attached hydrogen (secondary N) is 11. The normalized spacial score (nSPS) is 15.1. The minimum atomic E-state index is -1.43. The molecule has 0 radical (unpaired) electrons. The van der Waals surface area contributed by atoms with Crippen LogP contribution in [0.15, 0.2) is 30.0 Å². The maximum atomic E-state index is 14.7. The van der Waals surface area contributed by atoms with Gasteiger partial charge in [0.15, 0.2) is 5.96 Å². The number of imidazole rings is 2. The van der Waals surface area contributed by atoms with Crippen LogP contribution in [0.1, 0.15) is 144 Å². The van der Waals surface area contributed by atoms with E-state index in [2.05, 4.69) is 72.8 Å². The van der Waals surface area contributed by atoms with Gasteiger partial charge in [-0.3, -0.25) is 52.9 Å². The lowest BCUT2D eigenvalue weighted by molar-refractivity contribution is -0.136. The van der Waals surface area contributed by atoms with Gasteiger partial charge in [0.25, 0.3) is 0 Å². The fraction of sp³-hybridized carbons (Fsp3) is 0.679.